The first-order chi connectivity index (χ1) is 6.24. The molecule has 0 aromatic heterocycles. The molecular formula is C10H20N2O. The second kappa shape index (κ2) is 5.22. The highest BCUT2D eigenvalue weighted by atomic mass is 16.2. The number of likely N-dealkylation sites (N-methyl/N-ethyl adjacent to an activating group) is 1. The fourth-order valence-corrected chi connectivity index (χ4v) is 1.61. The van der Waals surface area contributed by atoms with Gasteiger partial charge in [0.2, 0.25) is 5.91 Å². The highest BCUT2D eigenvalue weighted by Gasteiger charge is 2.15. The Bertz CT molecular complexity index is 164. The van der Waals surface area contributed by atoms with Crippen molar-refractivity contribution in [3.05, 3.63) is 0 Å². The van der Waals surface area contributed by atoms with Crippen LogP contribution in [0.4, 0.5) is 0 Å². The van der Waals surface area contributed by atoms with Crippen molar-refractivity contribution >= 4 is 5.91 Å². The minimum absolute atomic E-state index is 0.254. The van der Waals surface area contributed by atoms with Gasteiger partial charge in [0.25, 0.3) is 0 Å². The number of carbonyl (C=O) groups is 1. The Morgan fingerprint density at radius 1 is 1.31 bits per heavy atom. The smallest absolute Gasteiger partial charge is 0.236 e. The van der Waals surface area contributed by atoms with Crippen LogP contribution in [-0.4, -0.2) is 48.9 Å². The molecule has 1 aliphatic heterocycles. The average Bonchev–Trinajstić information content (AvgIpc) is 2.18. The SMILES string of the molecule is CCN(C)C(=O)CN1CCCCC1. The van der Waals surface area contributed by atoms with Crippen molar-refractivity contribution in [3.8, 4) is 0 Å². The van der Waals surface area contributed by atoms with E-state index in [9.17, 15) is 4.79 Å². The van der Waals surface area contributed by atoms with Gasteiger partial charge in [0.15, 0.2) is 0 Å². The predicted molar refractivity (Wildman–Crippen MR) is 53.6 cm³/mol. The van der Waals surface area contributed by atoms with Gasteiger partial charge >= 0.3 is 0 Å². The molecule has 0 aromatic carbocycles. The van der Waals surface area contributed by atoms with E-state index in [-0.39, 0.29) is 5.91 Å². The Labute approximate surface area is 80.7 Å². The molecule has 1 rings (SSSR count). The highest BCUT2D eigenvalue weighted by molar-refractivity contribution is 5.77. The van der Waals surface area contributed by atoms with E-state index in [0.29, 0.717) is 6.54 Å². The summed E-state index contributed by atoms with van der Waals surface area (Å²) in [6.07, 6.45) is 3.83. The molecule has 0 aromatic rings. The number of amides is 1. The summed E-state index contributed by atoms with van der Waals surface area (Å²) in [6, 6.07) is 0. The zero-order valence-electron chi connectivity index (χ0n) is 8.75. The summed E-state index contributed by atoms with van der Waals surface area (Å²) < 4.78 is 0. The summed E-state index contributed by atoms with van der Waals surface area (Å²) in [5, 5.41) is 0. The zero-order valence-corrected chi connectivity index (χ0v) is 8.75. The van der Waals surface area contributed by atoms with Crippen molar-refractivity contribution in [3.63, 3.8) is 0 Å². The van der Waals surface area contributed by atoms with E-state index in [0.717, 1.165) is 19.6 Å². The Morgan fingerprint density at radius 3 is 2.46 bits per heavy atom. The summed E-state index contributed by atoms with van der Waals surface area (Å²) in [5.41, 5.74) is 0. The van der Waals surface area contributed by atoms with Crippen molar-refractivity contribution in [1.29, 1.82) is 0 Å². The zero-order chi connectivity index (χ0) is 9.68. The summed E-state index contributed by atoms with van der Waals surface area (Å²) in [5.74, 6) is 0.254. The topological polar surface area (TPSA) is 23.6 Å². The molecule has 1 saturated heterocycles. The van der Waals surface area contributed by atoms with Crippen molar-refractivity contribution in [1.82, 2.24) is 9.80 Å². The maximum absolute atomic E-state index is 11.5. The quantitative estimate of drug-likeness (QED) is 0.652. The van der Waals surface area contributed by atoms with Gasteiger partial charge in [-0.05, 0) is 32.9 Å². The van der Waals surface area contributed by atoms with Gasteiger partial charge in [-0.15, -0.1) is 0 Å². The fourth-order valence-electron chi connectivity index (χ4n) is 1.61. The van der Waals surface area contributed by atoms with Crippen LogP contribution in [0.1, 0.15) is 26.2 Å². The van der Waals surface area contributed by atoms with Gasteiger partial charge in [-0.2, -0.15) is 0 Å². The Balaban J connectivity index is 2.26. The maximum atomic E-state index is 11.5. The first-order valence-corrected chi connectivity index (χ1v) is 5.20. The van der Waals surface area contributed by atoms with Gasteiger partial charge in [0, 0.05) is 13.6 Å². The first kappa shape index (κ1) is 10.5. The molecule has 76 valence electrons. The molecule has 0 N–H and O–H groups in total. The van der Waals surface area contributed by atoms with E-state index in [2.05, 4.69) is 4.90 Å². The summed E-state index contributed by atoms with van der Waals surface area (Å²) in [6.45, 7) is 5.64. The number of likely N-dealkylation sites (tertiary alicyclic amines) is 1. The lowest BCUT2D eigenvalue weighted by Crippen LogP contribution is -2.40. The summed E-state index contributed by atoms with van der Waals surface area (Å²) in [4.78, 5) is 15.6. The first-order valence-electron chi connectivity index (χ1n) is 5.20. The van der Waals surface area contributed by atoms with Crippen LogP contribution in [0, 0.1) is 0 Å². The molecule has 1 aliphatic rings. The molecule has 0 radical (unpaired) electrons. The van der Waals surface area contributed by atoms with Crippen LogP contribution in [0.3, 0.4) is 0 Å². The molecule has 1 fully saturated rings. The van der Waals surface area contributed by atoms with Gasteiger partial charge in [-0.3, -0.25) is 9.69 Å². The standard InChI is InChI=1S/C10H20N2O/c1-3-11(2)10(13)9-12-7-5-4-6-8-12/h3-9H2,1-2H3. The van der Waals surface area contributed by atoms with Crippen molar-refractivity contribution in [2.75, 3.05) is 33.2 Å². The molecule has 3 heteroatoms. The van der Waals surface area contributed by atoms with Gasteiger partial charge in [-0.1, -0.05) is 6.42 Å². The van der Waals surface area contributed by atoms with Crippen LogP contribution in [0.2, 0.25) is 0 Å². The molecule has 3 nitrogen and oxygen atoms in total. The normalized spacial score (nSPS) is 18.6. The van der Waals surface area contributed by atoms with Crippen LogP contribution in [0.5, 0.6) is 0 Å². The van der Waals surface area contributed by atoms with Crippen molar-refractivity contribution < 1.29 is 4.79 Å². The number of hydrogen-bond acceptors (Lipinski definition) is 2. The summed E-state index contributed by atoms with van der Waals surface area (Å²) >= 11 is 0. The van der Waals surface area contributed by atoms with Crippen LogP contribution in [-0.2, 0) is 4.79 Å². The van der Waals surface area contributed by atoms with E-state index in [1.807, 2.05) is 14.0 Å². The Morgan fingerprint density at radius 2 is 1.92 bits per heavy atom. The molecular weight excluding hydrogens is 164 g/mol. The molecule has 0 bridgehead atoms. The number of piperidine rings is 1. The highest BCUT2D eigenvalue weighted by Crippen LogP contribution is 2.08. The third kappa shape index (κ3) is 3.35. The lowest BCUT2D eigenvalue weighted by Gasteiger charge is -2.27. The van der Waals surface area contributed by atoms with E-state index in [4.69, 9.17) is 0 Å². The van der Waals surface area contributed by atoms with E-state index in [1.165, 1.54) is 19.3 Å². The maximum Gasteiger partial charge on any atom is 0.236 e. The molecule has 0 saturated carbocycles. The minimum atomic E-state index is 0.254. The molecule has 1 amide bonds. The average molecular weight is 184 g/mol. The van der Waals surface area contributed by atoms with E-state index >= 15 is 0 Å². The van der Waals surface area contributed by atoms with Gasteiger partial charge in [-0.25, -0.2) is 0 Å². The number of carbonyl (C=O) groups excluding carboxylic acids is 1. The monoisotopic (exact) mass is 184 g/mol. The number of rotatable bonds is 3. The minimum Gasteiger partial charge on any atom is -0.345 e. The van der Waals surface area contributed by atoms with Crippen LogP contribution in [0.15, 0.2) is 0 Å². The van der Waals surface area contributed by atoms with Crippen LogP contribution in [0.25, 0.3) is 0 Å². The fraction of sp³-hybridized carbons (Fsp3) is 0.900. The lowest BCUT2D eigenvalue weighted by atomic mass is 10.1. The molecule has 0 aliphatic carbocycles. The van der Waals surface area contributed by atoms with Gasteiger partial charge in [0.05, 0.1) is 6.54 Å². The predicted octanol–water partition coefficient (Wildman–Crippen LogP) is 0.951. The third-order valence-corrected chi connectivity index (χ3v) is 2.71. The van der Waals surface area contributed by atoms with Crippen molar-refractivity contribution in [2.45, 2.75) is 26.2 Å². The van der Waals surface area contributed by atoms with Crippen molar-refractivity contribution in [2.24, 2.45) is 0 Å². The number of nitrogens with zero attached hydrogens (tertiary/aromatic N) is 2. The molecule has 0 atom stereocenters. The summed E-state index contributed by atoms with van der Waals surface area (Å²) in [7, 11) is 1.87. The Hall–Kier alpha value is -0.570. The largest absolute Gasteiger partial charge is 0.345 e. The van der Waals surface area contributed by atoms with Crippen LogP contribution >= 0.6 is 0 Å². The Kier molecular flexibility index (Phi) is 4.22. The van der Waals surface area contributed by atoms with Gasteiger partial charge in [0.1, 0.15) is 0 Å². The molecule has 0 spiro atoms. The van der Waals surface area contributed by atoms with Gasteiger partial charge < -0.3 is 4.90 Å². The lowest BCUT2D eigenvalue weighted by molar-refractivity contribution is -0.131. The molecule has 13 heavy (non-hydrogen) atoms. The molecule has 1 heterocycles. The third-order valence-electron chi connectivity index (χ3n) is 2.71. The number of hydrogen-bond donors (Lipinski definition) is 0. The van der Waals surface area contributed by atoms with Crippen LogP contribution < -0.4 is 0 Å². The van der Waals surface area contributed by atoms with E-state index < -0.39 is 0 Å². The molecule has 0 unspecified atom stereocenters. The second-order valence-corrected chi connectivity index (χ2v) is 3.74. The van der Waals surface area contributed by atoms with E-state index in [1.54, 1.807) is 4.90 Å². The second-order valence-electron chi connectivity index (χ2n) is 3.74.